The maximum Gasteiger partial charge on any atom is 0.199 e. The molecule has 3 aromatic rings. The number of ketones is 1. The number of pyridine rings is 1. The lowest BCUT2D eigenvalue weighted by Gasteiger charge is -2.25. The molecule has 1 aromatic carbocycles. The van der Waals surface area contributed by atoms with Gasteiger partial charge in [0, 0.05) is 11.8 Å². The highest BCUT2D eigenvalue weighted by Gasteiger charge is 2.34. The molecule has 0 amide bonds. The predicted molar refractivity (Wildman–Crippen MR) is 131 cm³/mol. The van der Waals surface area contributed by atoms with Gasteiger partial charge in [-0.1, -0.05) is 63.5 Å². The van der Waals surface area contributed by atoms with E-state index in [1.807, 2.05) is 43.3 Å². The number of aromatic nitrogens is 1. The summed E-state index contributed by atoms with van der Waals surface area (Å²) in [5.74, 6) is 6.38. The number of thiophene rings is 1. The molecular weight excluding hydrogens is 400 g/mol. The smallest absolute Gasteiger partial charge is 0.199 e. The van der Waals surface area contributed by atoms with Crippen molar-refractivity contribution in [1.82, 2.24) is 10.3 Å². The van der Waals surface area contributed by atoms with Gasteiger partial charge < -0.3 is 0 Å². The first-order valence-corrected chi connectivity index (χ1v) is 11.5. The van der Waals surface area contributed by atoms with Crippen LogP contribution in [0.25, 0.3) is 10.6 Å². The number of benzene rings is 1. The maximum absolute atomic E-state index is 13.7. The first-order chi connectivity index (χ1) is 15.1. The van der Waals surface area contributed by atoms with E-state index in [2.05, 4.69) is 54.7 Å². The van der Waals surface area contributed by atoms with Crippen molar-refractivity contribution in [3.05, 3.63) is 89.0 Å². The number of Topliss-reactive ketones (excluding diaryl/α,β-unsaturated/α-hetero) is 1. The van der Waals surface area contributed by atoms with Crippen LogP contribution in [0.5, 0.6) is 0 Å². The Bertz CT molecular complexity index is 1120. The molecule has 3 nitrogen and oxygen atoms in total. The van der Waals surface area contributed by atoms with Crippen LogP contribution in [-0.2, 0) is 12.8 Å². The van der Waals surface area contributed by atoms with E-state index >= 15 is 0 Å². The SMILES string of the molecule is C=CC(C#Cc1ccc(-c2ccccn2)s1)(NCC)C(=O)c1cc(CC)ccc1CC. The van der Waals surface area contributed by atoms with Gasteiger partial charge in [0.2, 0.25) is 0 Å². The second-order valence-corrected chi connectivity index (χ2v) is 8.28. The fourth-order valence-corrected chi connectivity index (χ4v) is 4.30. The third-order valence-corrected chi connectivity index (χ3v) is 6.26. The largest absolute Gasteiger partial charge is 0.292 e. The van der Waals surface area contributed by atoms with E-state index in [4.69, 9.17) is 0 Å². The van der Waals surface area contributed by atoms with Crippen molar-refractivity contribution in [2.24, 2.45) is 0 Å². The molecule has 2 heterocycles. The molecule has 1 atom stereocenters. The van der Waals surface area contributed by atoms with Crippen molar-refractivity contribution in [2.45, 2.75) is 39.2 Å². The Kier molecular flexibility index (Phi) is 7.57. The average Bonchev–Trinajstić information content (AvgIpc) is 3.30. The summed E-state index contributed by atoms with van der Waals surface area (Å²) in [5, 5.41) is 3.29. The minimum atomic E-state index is -1.14. The summed E-state index contributed by atoms with van der Waals surface area (Å²) in [4.78, 5) is 20.1. The van der Waals surface area contributed by atoms with Crippen LogP contribution in [0.15, 0.2) is 67.4 Å². The van der Waals surface area contributed by atoms with Crippen molar-refractivity contribution in [3.63, 3.8) is 0 Å². The van der Waals surface area contributed by atoms with Crippen LogP contribution in [0, 0.1) is 11.8 Å². The number of hydrogen-bond acceptors (Lipinski definition) is 4. The number of hydrogen-bond donors (Lipinski definition) is 1. The minimum absolute atomic E-state index is 0.0505. The van der Waals surface area contributed by atoms with Gasteiger partial charge in [-0.3, -0.25) is 15.1 Å². The zero-order chi connectivity index (χ0) is 22.3. The second-order valence-electron chi connectivity index (χ2n) is 7.20. The highest BCUT2D eigenvalue weighted by molar-refractivity contribution is 7.16. The molecule has 0 aliphatic heterocycles. The molecule has 0 aliphatic rings. The lowest BCUT2D eigenvalue weighted by Crippen LogP contribution is -2.49. The summed E-state index contributed by atoms with van der Waals surface area (Å²) in [6.07, 6.45) is 5.08. The van der Waals surface area contributed by atoms with Crippen molar-refractivity contribution in [1.29, 1.82) is 0 Å². The van der Waals surface area contributed by atoms with E-state index in [0.717, 1.165) is 45.0 Å². The minimum Gasteiger partial charge on any atom is -0.292 e. The van der Waals surface area contributed by atoms with E-state index in [0.29, 0.717) is 6.54 Å². The molecule has 0 spiro atoms. The average molecular weight is 429 g/mol. The Labute approximate surface area is 189 Å². The van der Waals surface area contributed by atoms with E-state index in [1.54, 1.807) is 23.6 Å². The molecule has 0 saturated heterocycles. The van der Waals surface area contributed by atoms with E-state index in [-0.39, 0.29) is 5.78 Å². The Morgan fingerprint density at radius 3 is 2.65 bits per heavy atom. The molecule has 1 N–H and O–H groups in total. The van der Waals surface area contributed by atoms with E-state index < -0.39 is 5.54 Å². The normalized spacial score (nSPS) is 12.5. The third-order valence-electron chi connectivity index (χ3n) is 5.23. The van der Waals surface area contributed by atoms with Gasteiger partial charge in [-0.2, -0.15) is 0 Å². The Morgan fingerprint density at radius 1 is 1.16 bits per heavy atom. The van der Waals surface area contributed by atoms with Crippen LogP contribution in [0.3, 0.4) is 0 Å². The molecule has 158 valence electrons. The number of carbonyl (C=O) groups excluding carboxylic acids is 1. The second kappa shape index (κ2) is 10.3. The third kappa shape index (κ3) is 5.02. The highest BCUT2D eigenvalue weighted by atomic mass is 32.1. The summed E-state index contributed by atoms with van der Waals surface area (Å²) in [6.45, 7) is 10.7. The number of rotatable bonds is 8. The van der Waals surface area contributed by atoms with Gasteiger partial charge in [0.1, 0.15) is 0 Å². The molecule has 3 rings (SSSR count). The van der Waals surface area contributed by atoms with Crippen LogP contribution >= 0.6 is 11.3 Å². The van der Waals surface area contributed by atoms with Crippen LogP contribution in [0.1, 0.15) is 47.1 Å². The molecule has 0 fully saturated rings. The van der Waals surface area contributed by atoms with Crippen molar-refractivity contribution in [3.8, 4) is 22.4 Å². The van der Waals surface area contributed by atoms with Crippen LogP contribution in [0.2, 0.25) is 0 Å². The molecular formula is C27H28N2OS. The molecule has 1 unspecified atom stereocenters. The number of carbonyl (C=O) groups is 1. The van der Waals surface area contributed by atoms with E-state index in [1.165, 1.54) is 0 Å². The molecule has 0 radical (unpaired) electrons. The standard InChI is InChI=1S/C27H28N2OS/c1-5-20-12-13-21(6-2)23(19-20)26(30)27(7-3,29-8-4)17-16-22-14-15-25(31-22)24-11-9-10-18-28-24/h7,9-15,18-19,29H,3,5-6,8H2,1-2,4H3. The number of likely N-dealkylation sites (N-methyl/N-ethyl adjacent to an activating group) is 1. The number of nitrogens with zero attached hydrogens (tertiary/aromatic N) is 1. The van der Waals surface area contributed by atoms with E-state index in [9.17, 15) is 4.79 Å². The lowest BCUT2D eigenvalue weighted by molar-refractivity contribution is 0.0930. The highest BCUT2D eigenvalue weighted by Crippen LogP contribution is 2.26. The fraction of sp³-hybridized carbons (Fsp3) is 0.259. The Balaban J connectivity index is 2.01. The molecule has 0 saturated carbocycles. The first kappa shape index (κ1) is 22.7. The summed E-state index contributed by atoms with van der Waals surface area (Å²) in [6, 6.07) is 16.0. The summed E-state index contributed by atoms with van der Waals surface area (Å²) >= 11 is 1.57. The Morgan fingerprint density at radius 2 is 2.00 bits per heavy atom. The number of nitrogens with one attached hydrogen (secondary N) is 1. The first-order valence-electron chi connectivity index (χ1n) is 10.7. The zero-order valence-corrected chi connectivity index (χ0v) is 19.2. The van der Waals surface area contributed by atoms with Crippen LogP contribution < -0.4 is 5.32 Å². The van der Waals surface area contributed by atoms with Gasteiger partial charge in [0.05, 0.1) is 15.4 Å². The van der Waals surface area contributed by atoms with Crippen molar-refractivity contribution >= 4 is 17.1 Å². The summed E-state index contributed by atoms with van der Waals surface area (Å²) in [5.41, 5.74) is 2.67. The maximum atomic E-state index is 13.7. The molecule has 4 heteroatoms. The summed E-state index contributed by atoms with van der Waals surface area (Å²) in [7, 11) is 0. The zero-order valence-electron chi connectivity index (χ0n) is 18.4. The molecule has 0 aliphatic carbocycles. The van der Waals surface area contributed by atoms with Gasteiger partial charge in [-0.05, 0) is 60.8 Å². The molecule has 0 bridgehead atoms. The van der Waals surface area contributed by atoms with Crippen molar-refractivity contribution in [2.75, 3.05) is 6.54 Å². The topological polar surface area (TPSA) is 42.0 Å². The van der Waals surface area contributed by atoms with Gasteiger partial charge in [0.25, 0.3) is 0 Å². The van der Waals surface area contributed by atoms with Crippen LogP contribution in [0.4, 0.5) is 0 Å². The number of aryl methyl sites for hydroxylation is 2. The fourth-order valence-electron chi connectivity index (χ4n) is 3.46. The molecule has 31 heavy (non-hydrogen) atoms. The van der Waals surface area contributed by atoms with Gasteiger partial charge in [0.15, 0.2) is 11.3 Å². The quantitative estimate of drug-likeness (QED) is 0.284. The monoisotopic (exact) mass is 428 g/mol. The lowest BCUT2D eigenvalue weighted by atomic mass is 9.85. The predicted octanol–water partition coefficient (Wildman–Crippen LogP) is 5.70. The van der Waals surface area contributed by atoms with Crippen molar-refractivity contribution < 1.29 is 4.79 Å². The summed E-state index contributed by atoms with van der Waals surface area (Å²) < 4.78 is 0. The van der Waals surface area contributed by atoms with Gasteiger partial charge in [-0.25, -0.2) is 0 Å². The Hall–Kier alpha value is -3.00. The van der Waals surface area contributed by atoms with Gasteiger partial charge in [-0.15, -0.1) is 11.3 Å². The van der Waals surface area contributed by atoms with Gasteiger partial charge >= 0.3 is 0 Å². The van der Waals surface area contributed by atoms with Crippen LogP contribution in [-0.4, -0.2) is 22.9 Å². The molecule has 2 aromatic heterocycles.